The van der Waals surface area contributed by atoms with Crippen LogP contribution in [0, 0.1) is 6.26 Å². The standard InChI is InChI=1S/C10H9N2O3S/c1-16(13,14)7-8-4-2-3-5-9(8)10-6-11-12-15-10/h2-6H,1,7H2. The van der Waals surface area contributed by atoms with E-state index in [4.69, 9.17) is 4.52 Å². The van der Waals surface area contributed by atoms with E-state index in [1.165, 1.54) is 6.20 Å². The quantitative estimate of drug-likeness (QED) is 0.807. The van der Waals surface area contributed by atoms with Gasteiger partial charge in [0.1, 0.15) is 0 Å². The predicted molar refractivity (Wildman–Crippen MR) is 57.7 cm³/mol. The van der Waals surface area contributed by atoms with Gasteiger partial charge in [0.25, 0.3) is 0 Å². The second kappa shape index (κ2) is 4.05. The molecule has 1 heterocycles. The summed E-state index contributed by atoms with van der Waals surface area (Å²) in [6, 6.07) is 7.01. The summed E-state index contributed by atoms with van der Waals surface area (Å²) >= 11 is 0. The summed E-state index contributed by atoms with van der Waals surface area (Å²) in [5, 5.41) is 6.90. The average molecular weight is 237 g/mol. The molecule has 1 radical (unpaired) electrons. The van der Waals surface area contributed by atoms with Crippen molar-refractivity contribution in [2.75, 3.05) is 0 Å². The minimum atomic E-state index is -3.32. The molecule has 0 saturated carbocycles. The van der Waals surface area contributed by atoms with Crippen molar-refractivity contribution in [3.05, 3.63) is 42.3 Å². The molecular weight excluding hydrogens is 228 g/mol. The van der Waals surface area contributed by atoms with Crippen molar-refractivity contribution in [3.8, 4) is 11.3 Å². The van der Waals surface area contributed by atoms with Crippen LogP contribution in [0.1, 0.15) is 5.56 Å². The first-order valence-electron chi connectivity index (χ1n) is 4.48. The topological polar surface area (TPSA) is 73.1 Å². The van der Waals surface area contributed by atoms with E-state index in [9.17, 15) is 8.42 Å². The van der Waals surface area contributed by atoms with Gasteiger partial charge in [-0.1, -0.05) is 24.3 Å². The third kappa shape index (κ3) is 2.46. The molecule has 0 aliphatic heterocycles. The van der Waals surface area contributed by atoms with E-state index in [0.29, 0.717) is 16.9 Å². The maximum absolute atomic E-state index is 11.1. The lowest BCUT2D eigenvalue weighted by Crippen LogP contribution is -1.99. The van der Waals surface area contributed by atoms with Gasteiger partial charge in [0.15, 0.2) is 15.6 Å². The number of hydrogen-bond donors (Lipinski definition) is 0. The summed E-state index contributed by atoms with van der Waals surface area (Å²) in [4.78, 5) is 0. The summed E-state index contributed by atoms with van der Waals surface area (Å²) in [5.74, 6) is 0.309. The molecule has 2 aromatic rings. The van der Waals surface area contributed by atoms with E-state index in [2.05, 4.69) is 16.6 Å². The zero-order chi connectivity index (χ0) is 11.6. The van der Waals surface area contributed by atoms with E-state index in [0.717, 1.165) is 0 Å². The first kappa shape index (κ1) is 10.8. The summed E-state index contributed by atoms with van der Waals surface area (Å²) in [7, 11) is -3.32. The Hall–Kier alpha value is -1.69. The summed E-state index contributed by atoms with van der Waals surface area (Å²) in [5.41, 5.74) is 1.29. The fourth-order valence-corrected chi connectivity index (χ4v) is 2.13. The fraction of sp³-hybridized carbons (Fsp3) is 0.100. The average Bonchev–Trinajstić information content (AvgIpc) is 2.69. The number of nitrogens with zero attached hydrogens (tertiary/aromatic N) is 2. The van der Waals surface area contributed by atoms with Gasteiger partial charge in [0, 0.05) is 10.8 Å². The zero-order valence-corrected chi connectivity index (χ0v) is 9.14. The van der Waals surface area contributed by atoms with E-state index < -0.39 is 9.84 Å². The smallest absolute Gasteiger partial charge is 0.187 e. The normalized spacial score (nSPS) is 11.6. The molecule has 5 nitrogen and oxygen atoms in total. The highest BCUT2D eigenvalue weighted by atomic mass is 32.2. The van der Waals surface area contributed by atoms with Crippen LogP contribution in [0.3, 0.4) is 0 Å². The lowest BCUT2D eigenvalue weighted by Gasteiger charge is -2.04. The second-order valence-electron chi connectivity index (χ2n) is 3.33. The van der Waals surface area contributed by atoms with Crippen LogP contribution < -0.4 is 0 Å². The lowest BCUT2D eigenvalue weighted by atomic mass is 10.1. The molecule has 6 heteroatoms. The van der Waals surface area contributed by atoms with Gasteiger partial charge in [0.05, 0.1) is 18.2 Å². The van der Waals surface area contributed by atoms with E-state index in [1.54, 1.807) is 24.3 Å². The Bertz CT molecular complexity index is 576. The number of benzene rings is 1. The predicted octanol–water partition coefficient (Wildman–Crippen LogP) is 1.44. The largest absolute Gasteiger partial charge is 0.337 e. The van der Waals surface area contributed by atoms with Gasteiger partial charge in [-0.25, -0.2) is 8.42 Å². The number of sulfone groups is 1. The molecule has 0 fully saturated rings. The van der Waals surface area contributed by atoms with Crippen LogP contribution in [0.25, 0.3) is 11.3 Å². The van der Waals surface area contributed by atoms with E-state index >= 15 is 0 Å². The Balaban J connectivity index is 2.47. The Kier molecular flexibility index (Phi) is 2.74. The van der Waals surface area contributed by atoms with E-state index in [-0.39, 0.29) is 5.75 Å². The van der Waals surface area contributed by atoms with Crippen LogP contribution in [0.5, 0.6) is 0 Å². The molecule has 0 aliphatic rings. The van der Waals surface area contributed by atoms with Crippen LogP contribution in [0.4, 0.5) is 0 Å². The van der Waals surface area contributed by atoms with E-state index in [1.807, 2.05) is 0 Å². The van der Waals surface area contributed by atoms with Crippen molar-refractivity contribution in [3.63, 3.8) is 0 Å². The highest BCUT2D eigenvalue weighted by molar-refractivity contribution is 7.91. The number of rotatable bonds is 3. The van der Waals surface area contributed by atoms with Crippen LogP contribution >= 0.6 is 0 Å². The second-order valence-corrected chi connectivity index (χ2v) is 5.10. The van der Waals surface area contributed by atoms with Crippen LogP contribution in [-0.2, 0) is 15.6 Å². The number of aromatic nitrogens is 2. The van der Waals surface area contributed by atoms with Gasteiger partial charge >= 0.3 is 0 Å². The highest BCUT2D eigenvalue weighted by Gasteiger charge is 2.12. The molecule has 0 spiro atoms. The van der Waals surface area contributed by atoms with Gasteiger partial charge in [-0.15, -0.1) is 5.10 Å². The summed E-state index contributed by atoms with van der Waals surface area (Å²) in [6.45, 7) is 0. The monoisotopic (exact) mass is 237 g/mol. The molecule has 2 rings (SSSR count). The molecule has 0 atom stereocenters. The Labute approximate surface area is 93.0 Å². The molecule has 0 bridgehead atoms. The first-order chi connectivity index (χ1) is 7.56. The zero-order valence-electron chi connectivity index (χ0n) is 8.33. The Morgan fingerprint density at radius 2 is 2.06 bits per heavy atom. The summed E-state index contributed by atoms with van der Waals surface area (Å²) in [6.07, 6.45) is 4.54. The van der Waals surface area contributed by atoms with Crippen molar-refractivity contribution in [2.45, 2.75) is 5.75 Å². The van der Waals surface area contributed by atoms with Crippen molar-refractivity contribution < 1.29 is 12.9 Å². The lowest BCUT2D eigenvalue weighted by molar-refractivity contribution is 0.403. The van der Waals surface area contributed by atoms with Gasteiger partial charge in [0.2, 0.25) is 0 Å². The minimum Gasteiger partial charge on any atom is -0.337 e. The fourth-order valence-electron chi connectivity index (χ4n) is 1.41. The van der Waals surface area contributed by atoms with Crippen molar-refractivity contribution in [1.82, 2.24) is 10.4 Å². The van der Waals surface area contributed by atoms with Gasteiger partial charge in [-0.2, -0.15) is 0 Å². The SMILES string of the molecule is [CH2]S(=O)(=O)Cc1ccccc1-c1cnno1. The van der Waals surface area contributed by atoms with Crippen LogP contribution in [0.15, 0.2) is 35.0 Å². The molecule has 16 heavy (non-hydrogen) atoms. The highest BCUT2D eigenvalue weighted by Crippen LogP contribution is 2.23. The first-order valence-corrected chi connectivity index (χ1v) is 6.30. The molecule has 0 amide bonds. The maximum Gasteiger partial charge on any atom is 0.187 e. The minimum absolute atomic E-state index is 0.135. The van der Waals surface area contributed by atoms with Gasteiger partial charge < -0.3 is 4.52 Å². The molecule has 0 N–H and O–H groups in total. The third-order valence-electron chi connectivity index (χ3n) is 2.02. The molecule has 0 saturated heterocycles. The maximum atomic E-state index is 11.1. The van der Waals surface area contributed by atoms with Crippen LogP contribution in [-0.4, -0.2) is 18.8 Å². The molecule has 83 valence electrons. The molecule has 0 aliphatic carbocycles. The molecule has 1 aromatic carbocycles. The van der Waals surface area contributed by atoms with Gasteiger partial charge in [-0.05, 0) is 5.56 Å². The van der Waals surface area contributed by atoms with Crippen molar-refractivity contribution in [1.29, 1.82) is 0 Å². The molecular formula is C10H9N2O3S. The van der Waals surface area contributed by atoms with Crippen molar-refractivity contribution in [2.24, 2.45) is 0 Å². The molecule has 0 unspecified atom stereocenters. The Morgan fingerprint density at radius 3 is 2.69 bits per heavy atom. The van der Waals surface area contributed by atoms with Gasteiger partial charge in [-0.3, -0.25) is 0 Å². The third-order valence-corrected chi connectivity index (χ3v) is 2.77. The van der Waals surface area contributed by atoms with Crippen LogP contribution in [0.2, 0.25) is 0 Å². The Morgan fingerprint density at radius 1 is 1.31 bits per heavy atom. The molecule has 1 aromatic heterocycles. The van der Waals surface area contributed by atoms with Crippen molar-refractivity contribution >= 4 is 9.84 Å². The summed E-state index contributed by atoms with van der Waals surface area (Å²) < 4.78 is 27.2. The number of hydrogen-bond acceptors (Lipinski definition) is 5.